The van der Waals surface area contributed by atoms with E-state index < -0.39 is 5.97 Å². The van der Waals surface area contributed by atoms with Gasteiger partial charge in [0.1, 0.15) is 0 Å². The molecule has 0 spiro atoms. The number of nitrogens with zero attached hydrogens (tertiary/aromatic N) is 1. The van der Waals surface area contributed by atoms with E-state index in [1.165, 1.54) is 30.4 Å². The predicted molar refractivity (Wildman–Crippen MR) is 58.3 cm³/mol. The predicted octanol–water partition coefficient (Wildman–Crippen LogP) is 0.618. The molecule has 1 heterocycles. The normalized spacial score (nSPS) is 10.3. The first-order chi connectivity index (χ1) is 7.56. The Labute approximate surface area is 94.7 Å². The molecule has 0 fully saturated rings. The van der Waals surface area contributed by atoms with Crippen LogP contribution in [0.5, 0.6) is 0 Å². The summed E-state index contributed by atoms with van der Waals surface area (Å²) in [6, 6.07) is 4.49. The summed E-state index contributed by atoms with van der Waals surface area (Å²) in [5.74, 6) is -1.43. The molecule has 0 saturated carbocycles. The van der Waals surface area contributed by atoms with Crippen molar-refractivity contribution in [3.8, 4) is 0 Å². The first-order valence-corrected chi connectivity index (χ1v) is 5.27. The standard InChI is InChI=1S/C10H8N2O3S/c1-5(13)11-10-12-7-3-2-6(9(14)15)4-8(7)16-10/h2-4H,1H3,(H,14,15)(H,11,12,13)/p-1. The Morgan fingerprint density at radius 1 is 1.44 bits per heavy atom. The number of hydrogen-bond acceptors (Lipinski definition) is 5. The smallest absolute Gasteiger partial charge is 0.223 e. The first kappa shape index (κ1) is 10.6. The van der Waals surface area contributed by atoms with Crippen LogP contribution < -0.4 is 10.4 Å². The second-order valence-corrected chi connectivity index (χ2v) is 4.20. The third-order valence-electron chi connectivity index (χ3n) is 1.91. The van der Waals surface area contributed by atoms with Crippen molar-refractivity contribution in [2.24, 2.45) is 0 Å². The van der Waals surface area contributed by atoms with E-state index in [9.17, 15) is 14.7 Å². The van der Waals surface area contributed by atoms with Gasteiger partial charge < -0.3 is 15.2 Å². The van der Waals surface area contributed by atoms with Crippen molar-refractivity contribution < 1.29 is 14.7 Å². The second-order valence-electron chi connectivity index (χ2n) is 3.17. The number of fused-ring (bicyclic) bond motifs is 1. The molecule has 2 rings (SSSR count). The minimum Gasteiger partial charge on any atom is -0.545 e. The topological polar surface area (TPSA) is 82.1 Å². The number of anilines is 1. The van der Waals surface area contributed by atoms with Gasteiger partial charge in [0.25, 0.3) is 0 Å². The molecule has 1 aromatic heterocycles. The Morgan fingerprint density at radius 2 is 2.19 bits per heavy atom. The molecule has 0 unspecified atom stereocenters. The van der Waals surface area contributed by atoms with Crippen LogP contribution in [-0.2, 0) is 4.79 Å². The molecule has 16 heavy (non-hydrogen) atoms. The van der Waals surface area contributed by atoms with Crippen LogP contribution in [0.2, 0.25) is 0 Å². The largest absolute Gasteiger partial charge is 0.545 e. The SMILES string of the molecule is CC(=O)Nc1nc2ccc(C(=O)[O-])cc2s1. The zero-order valence-corrected chi connectivity index (χ0v) is 9.13. The molecule has 82 valence electrons. The lowest BCUT2D eigenvalue weighted by molar-refractivity contribution is -0.255. The maximum absolute atomic E-state index is 10.8. The summed E-state index contributed by atoms with van der Waals surface area (Å²) in [5.41, 5.74) is 0.754. The average Bonchev–Trinajstić information content (AvgIpc) is 2.56. The van der Waals surface area contributed by atoms with Crippen molar-refractivity contribution in [1.29, 1.82) is 0 Å². The summed E-state index contributed by atoms with van der Waals surface area (Å²) < 4.78 is 0.699. The number of carbonyl (C=O) groups excluding carboxylic acids is 2. The molecular formula is C10H7N2O3S-. The van der Waals surface area contributed by atoms with Crippen LogP contribution in [0.3, 0.4) is 0 Å². The maximum atomic E-state index is 10.8. The van der Waals surface area contributed by atoms with E-state index in [2.05, 4.69) is 10.3 Å². The van der Waals surface area contributed by atoms with Gasteiger partial charge in [-0.15, -0.1) is 0 Å². The van der Waals surface area contributed by atoms with Crippen LogP contribution >= 0.6 is 11.3 Å². The van der Waals surface area contributed by atoms with Gasteiger partial charge in [-0.3, -0.25) is 4.79 Å². The molecule has 1 N–H and O–H groups in total. The number of carbonyl (C=O) groups is 2. The fraction of sp³-hybridized carbons (Fsp3) is 0.100. The number of benzene rings is 1. The second kappa shape index (κ2) is 3.90. The molecule has 0 aliphatic rings. The van der Waals surface area contributed by atoms with E-state index >= 15 is 0 Å². The Hall–Kier alpha value is -1.95. The highest BCUT2D eigenvalue weighted by molar-refractivity contribution is 7.22. The number of amides is 1. The van der Waals surface area contributed by atoms with E-state index in [0.29, 0.717) is 15.3 Å². The summed E-state index contributed by atoms with van der Waals surface area (Å²) in [5, 5.41) is 13.6. The number of carboxylic acids is 1. The van der Waals surface area contributed by atoms with Crippen LogP contribution in [0, 0.1) is 0 Å². The number of thiazole rings is 1. The molecule has 0 atom stereocenters. The van der Waals surface area contributed by atoms with Gasteiger partial charge in [-0.2, -0.15) is 0 Å². The highest BCUT2D eigenvalue weighted by Gasteiger charge is 2.05. The van der Waals surface area contributed by atoms with Crippen molar-refractivity contribution in [1.82, 2.24) is 4.98 Å². The monoisotopic (exact) mass is 235 g/mol. The first-order valence-electron chi connectivity index (χ1n) is 4.46. The van der Waals surface area contributed by atoms with Crippen molar-refractivity contribution in [3.63, 3.8) is 0 Å². The van der Waals surface area contributed by atoms with Gasteiger partial charge in [0.15, 0.2) is 5.13 Å². The fourth-order valence-electron chi connectivity index (χ4n) is 1.26. The summed E-state index contributed by atoms with van der Waals surface area (Å²) in [7, 11) is 0. The lowest BCUT2D eigenvalue weighted by Gasteiger charge is -1.99. The van der Waals surface area contributed by atoms with Crippen LogP contribution in [0.15, 0.2) is 18.2 Å². The third-order valence-corrected chi connectivity index (χ3v) is 2.84. The Bertz CT molecular complexity index is 576. The molecule has 0 aliphatic carbocycles. The van der Waals surface area contributed by atoms with Crippen LogP contribution in [0.25, 0.3) is 10.2 Å². The van der Waals surface area contributed by atoms with E-state index in [1.54, 1.807) is 6.07 Å². The number of nitrogens with one attached hydrogen (secondary N) is 1. The van der Waals surface area contributed by atoms with E-state index in [0.717, 1.165) is 0 Å². The van der Waals surface area contributed by atoms with Crippen molar-refractivity contribution in [2.45, 2.75) is 6.92 Å². The Balaban J connectivity index is 2.45. The Morgan fingerprint density at radius 3 is 2.81 bits per heavy atom. The molecule has 2 aromatic rings. The minimum absolute atomic E-state index is 0.102. The van der Waals surface area contributed by atoms with Gasteiger partial charge in [-0.1, -0.05) is 17.4 Å². The van der Waals surface area contributed by atoms with Crippen LogP contribution in [-0.4, -0.2) is 16.9 Å². The molecule has 0 aliphatic heterocycles. The van der Waals surface area contributed by atoms with Gasteiger partial charge in [0, 0.05) is 6.92 Å². The molecule has 0 radical (unpaired) electrons. The number of hydrogen-bond donors (Lipinski definition) is 1. The van der Waals surface area contributed by atoms with Gasteiger partial charge in [-0.25, -0.2) is 4.98 Å². The molecular weight excluding hydrogens is 228 g/mol. The summed E-state index contributed by atoms with van der Waals surface area (Å²) in [6.07, 6.45) is 0. The van der Waals surface area contributed by atoms with E-state index in [1.807, 2.05) is 0 Å². The average molecular weight is 235 g/mol. The maximum Gasteiger partial charge on any atom is 0.223 e. The molecule has 6 heteroatoms. The molecule has 0 saturated heterocycles. The van der Waals surface area contributed by atoms with Gasteiger partial charge in [0.2, 0.25) is 5.91 Å². The van der Waals surface area contributed by atoms with Crippen LogP contribution in [0.4, 0.5) is 5.13 Å². The Kier molecular flexibility index (Phi) is 2.57. The summed E-state index contributed by atoms with van der Waals surface area (Å²) >= 11 is 1.22. The number of aromatic nitrogens is 1. The zero-order valence-electron chi connectivity index (χ0n) is 8.31. The minimum atomic E-state index is -1.23. The lowest BCUT2D eigenvalue weighted by atomic mass is 10.2. The number of carboxylic acid groups (broad SMARTS) is 1. The van der Waals surface area contributed by atoms with Gasteiger partial charge >= 0.3 is 0 Å². The molecule has 1 aromatic carbocycles. The van der Waals surface area contributed by atoms with E-state index in [4.69, 9.17) is 0 Å². The van der Waals surface area contributed by atoms with Crippen molar-refractivity contribution in [2.75, 3.05) is 5.32 Å². The fourth-order valence-corrected chi connectivity index (χ4v) is 2.21. The van der Waals surface area contributed by atoms with Gasteiger partial charge in [-0.05, 0) is 17.7 Å². The molecule has 0 bridgehead atoms. The lowest BCUT2D eigenvalue weighted by Crippen LogP contribution is -2.21. The molecule has 5 nitrogen and oxygen atoms in total. The quantitative estimate of drug-likeness (QED) is 0.827. The number of aromatic carboxylic acids is 1. The molecule has 1 amide bonds. The van der Waals surface area contributed by atoms with E-state index in [-0.39, 0.29) is 11.5 Å². The number of rotatable bonds is 2. The summed E-state index contributed by atoms with van der Waals surface area (Å²) in [6.45, 7) is 1.39. The third kappa shape index (κ3) is 2.01. The van der Waals surface area contributed by atoms with Crippen molar-refractivity contribution >= 4 is 38.6 Å². The van der Waals surface area contributed by atoms with Crippen molar-refractivity contribution in [3.05, 3.63) is 23.8 Å². The zero-order chi connectivity index (χ0) is 11.7. The van der Waals surface area contributed by atoms with Gasteiger partial charge in [0.05, 0.1) is 16.2 Å². The summed E-state index contributed by atoms with van der Waals surface area (Å²) in [4.78, 5) is 25.6. The van der Waals surface area contributed by atoms with Crippen LogP contribution in [0.1, 0.15) is 17.3 Å². The highest BCUT2D eigenvalue weighted by Crippen LogP contribution is 2.26. The highest BCUT2D eigenvalue weighted by atomic mass is 32.1.